The molecule has 0 rings (SSSR count). The van der Waals surface area contributed by atoms with Crippen LogP contribution >= 0.6 is 0 Å². The monoisotopic (exact) mass is 580 g/mol. The summed E-state index contributed by atoms with van der Waals surface area (Å²) < 4.78 is 75.3. The molecule has 0 aliphatic rings. The van der Waals surface area contributed by atoms with Gasteiger partial charge in [0.2, 0.25) is 0 Å². The molecule has 0 amide bonds. The van der Waals surface area contributed by atoms with Gasteiger partial charge in [-0.15, -0.1) is 0 Å². The zero-order valence-electron chi connectivity index (χ0n) is 24.1. The number of ether oxygens (including phenoxy) is 1. The molecule has 42 heavy (non-hydrogen) atoms. The Hall–Kier alpha value is -4.71. The Kier molecular flexibility index (Phi) is 15.9. The summed E-state index contributed by atoms with van der Waals surface area (Å²) in [4.78, 5) is 0. The van der Waals surface area contributed by atoms with Gasteiger partial charge in [-0.1, -0.05) is 108 Å². The summed E-state index contributed by atoms with van der Waals surface area (Å²) in [5.74, 6) is -3.44. The number of alkyl halides is 2. The van der Waals surface area contributed by atoms with Gasteiger partial charge < -0.3 is 4.74 Å². The van der Waals surface area contributed by atoms with Crippen LogP contribution in [0, 0.1) is 0 Å². The maximum Gasteiger partial charge on any atom is 0.426 e. The molecule has 0 heterocycles. The predicted molar refractivity (Wildman–Crippen MR) is 168 cm³/mol. The zero-order valence-corrected chi connectivity index (χ0v) is 24.1. The Balaban J connectivity index is 5.28. The second-order valence-corrected chi connectivity index (χ2v) is 8.87. The van der Waals surface area contributed by atoms with Crippen molar-refractivity contribution in [2.45, 2.75) is 25.9 Å². The molecule has 0 radical (unpaired) electrons. The third kappa shape index (κ3) is 14.1. The van der Waals surface area contributed by atoms with Gasteiger partial charge in [0.1, 0.15) is 23.2 Å². The summed E-state index contributed by atoms with van der Waals surface area (Å²) in [6.45, 7) is 37.1. The van der Waals surface area contributed by atoms with Crippen LogP contribution in [-0.2, 0) is 4.74 Å². The van der Waals surface area contributed by atoms with Crippen molar-refractivity contribution in [1.29, 1.82) is 0 Å². The van der Waals surface area contributed by atoms with Crippen molar-refractivity contribution >= 4 is 0 Å². The van der Waals surface area contributed by atoms with E-state index in [9.17, 15) is 22.0 Å². The minimum absolute atomic E-state index is 0.0274. The highest BCUT2D eigenvalue weighted by molar-refractivity contribution is 5.53. The standard InChI is InChI=1S/C36H37F5O/c1-12-13-14-15-24(2)16-17-25(3)28(6)22-34(38)32(10)26(4)18-20-29(7)36(40,41)42-31(9)23-35(39)33(11)27(5)19-21-30(8)37/h12-13,16-23H,2-11,14-15H2,1H3/b13-12+,17-16-,20-18-,21-19-,34-22+,35-23+. The van der Waals surface area contributed by atoms with Crippen LogP contribution in [-0.4, -0.2) is 6.11 Å². The SMILES string of the molecule is C=C(F)/C=C\C(=C)C(=C)/C(F)=C\C(=C)OC(F)(F)C(=C)/C=C\C(=C)C(=C)/C(F)=C\C(=C)C(=C)/C=C\C(=C)CC/C=C/C. The summed E-state index contributed by atoms with van der Waals surface area (Å²) in [5, 5.41) is 0. The second kappa shape index (κ2) is 17.9. The van der Waals surface area contributed by atoms with Crippen molar-refractivity contribution in [1.82, 2.24) is 0 Å². The molecule has 6 heteroatoms. The van der Waals surface area contributed by atoms with Gasteiger partial charge in [-0.05, 0) is 60.3 Å². The number of hydrogen-bond donors (Lipinski definition) is 0. The van der Waals surface area contributed by atoms with E-state index >= 15 is 0 Å². The molecular formula is C36H37F5O. The molecule has 0 aromatic heterocycles. The van der Waals surface area contributed by atoms with Crippen LogP contribution in [0.1, 0.15) is 19.8 Å². The van der Waals surface area contributed by atoms with Gasteiger partial charge in [0.05, 0.1) is 5.57 Å². The van der Waals surface area contributed by atoms with Crippen LogP contribution in [0.15, 0.2) is 194 Å². The molecule has 0 aromatic rings. The van der Waals surface area contributed by atoms with E-state index in [2.05, 4.69) is 70.5 Å². The molecule has 0 atom stereocenters. The third-order valence-electron chi connectivity index (χ3n) is 5.33. The van der Waals surface area contributed by atoms with E-state index in [0.717, 1.165) is 48.8 Å². The van der Waals surface area contributed by atoms with E-state index < -0.39 is 34.9 Å². The van der Waals surface area contributed by atoms with E-state index in [-0.39, 0.29) is 27.9 Å². The van der Waals surface area contributed by atoms with Crippen molar-refractivity contribution in [3.63, 3.8) is 0 Å². The highest BCUT2D eigenvalue weighted by Gasteiger charge is 2.34. The molecule has 0 N–H and O–H groups in total. The quantitative estimate of drug-likeness (QED) is 0.0639. The molecule has 0 fully saturated rings. The minimum Gasteiger partial charge on any atom is -0.429 e. The molecule has 0 saturated carbocycles. The Morgan fingerprint density at radius 1 is 0.643 bits per heavy atom. The van der Waals surface area contributed by atoms with E-state index in [1.807, 2.05) is 19.1 Å². The molecule has 1 nitrogen and oxygen atoms in total. The molecule has 0 bridgehead atoms. The maximum absolute atomic E-state index is 14.8. The number of halogens is 5. The van der Waals surface area contributed by atoms with Gasteiger partial charge >= 0.3 is 6.11 Å². The van der Waals surface area contributed by atoms with Gasteiger partial charge in [0.15, 0.2) is 0 Å². The fourth-order valence-electron chi connectivity index (χ4n) is 2.66. The van der Waals surface area contributed by atoms with Crippen LogP contribution in [0.3, 0.4) is 0 Å². The van der Waals surface area contributed by atoms with Gasteiger partial charge in [0.25, 0.3) is 0 Å². The van der Waals surface area contributed by atoms with Crippen molar-refractivity contribution < 1.29 is 26.7 Å². The smallest absolute Gasteiger partial charge is 0.426 e. The van der Waals surface area contributed by atoms with Gasteiger partial charge in [-0.3, -0.25) is 0 Å². The summed E-state index contributed by atoms with van der Waals surface area (Å²) in [6, 6.07) is 0. The van der Waals surface area contributed by atoms with E-state index in [1.54, 1.807) is 12.2 Å². The number of hydrogen-bond acceptors (Lipinski definition) is 1. The summed E-state index contributed by atoms with van der Waals surface area (Å²) >= 11 is 0. The Labute approximate surface area is 246 Å². The average Bonchev–Trinajstić information content (AvgIpc) is 2.91. The first-order valence-corrected chi connectivity index (χ1v) is 12.4. The van der Waals surface area contributed by atoms with Gasteiger partial charge in [-0.25, -0.2) is 13.2 Å². The molecule has 0 aliphatic heterocycles. The number of rotatable bonds is 19. The van der Waals surface area contributed by atoms with Crippen molar-refractivity contribution in [2.75, 3.05) is 0 Å². The highest BCUT2D eigenvalue weighted by Crippen LogP contribution is 2.31. The first-order valence-electron chi connectivity index (χ1n) is 12.4. The average molecular weight is 581 g/mol. The Bertz CT molecular complexity index is 1370. The fraction of sp³-hybridized carbons (Fsp3) is 0.111. The lowest BCUT2D eigenvalue weighted by Crippen LogP contribution is -2.21. The Morgan fingerprint density at radius 3 is 1.67 bits per heavy atom. The van der Waals surface area contributed by atoms with Crippen LogP contribution in [0.25, 0.3) is 0 Å². The Morgan fingerprint density at radius 2 is 1.14 bits per heavy atom. The first-order chi connectivity index (χ1) is 19.4. The maximum atomic E-state index is 14.8. The molecule has 0 spiro atoms. The topological polar surface area (TPSA) is 9.23 Å². The fourth-order valence-corrected chi connectivity index (χ4v) is 2.66. The van der Waals surface area contributed by atoms with Crippen molar-refractivity contribution in [3.8, 4) is 0 Å². The molecule has 0 aromatic carbocycles. The zero-order chi connectivity index (χ0) is 32.6. The summed E-state index contributed by atoms with van der Waals surface area (Å²) in [6.07, 6.45) is 10.6. The lowest BCUT2D eigenvalue weighted by molar-refractivity contribution is -0.175. The highest BCUT2D eigenvalue weighted by atomic mass is 19.3. The lowest BCUT2D eigenvalue weighted by atomic mass is 10.0. The van der Waals surface area contributed by atoms with Crippen LogP contribution < -0.4 is 0 Å². The van der Waals surface area contributed by atoms with Gasteiger partial charge in [0, 0.05) is 17.2 Å². The normalized spacial score (nSPS) is 12.6. The van der Waals surface area contributed by atoms with Crippen molar-refractivity contribution in [2.24, 2.45) is 0 Å². The van der Waals surface area contributed by atoms with E-state index in [4.69, 9.17) is 0 Å². The number of allylic oxidation sites excluding steroid dienone is 19. The van der Waals surface area contributed by atoms with Gasteiger partial charge in [-0.2, -0.15) is 8.78 Å². The summed E-state index contributed by atoms with van der Waals surface area (Å²) in [5.41, 5.74) is 0.161. The summed E-state index contributed by atoms with van der Waals surface area (Å²) in [7, 11) is 0. The second-order valence-electron chi connectivity index (χ2n) is 8.87. The largest absolute Gasteiger partial charge is 0.429 e. The predicted octanol–water partition coefficient (Wildman–Crippen LogP) is 11.8. The minimum atomic E-state index is -4.01. The van der Waals surface area contributed by atoms with Crippen LogP contribution in [0.5, 0.6) is 0 Å². The molecule has 0 unspecified atom stereocenters. The lowest BCUT2D eigenvalue weighted by Gasteiger charge is -2.18. The van der Waals surface area contributed by atoms with Crippen LogP contribution in [0.2, 0.25) is 0 Å². The van der Waals surface area contributed by atoms with E-state index in [1.165, 1.54) is 0 Å². The molecule has 0 saturated heterocycles. The van der Waals surface area contributed by atoms with Crippen LogP contribution in [0.4, 0.5) is 22.0 Å². The molecule has 0 aliphatic carbocycles. The van der Waals surface area contributed by atoms with Crippen molar-refractivity contribution in [3.05, 3.63) is 194 Å². The molecular weight excluding hydrogens is 543 g/mol. The third-order valence-corrected chi connectivity index (χ3v) is 5.33. The first kappa shape index (κ1) is 37.3. The van der Waals surface area contributed by atoms with E-state index in [0.29, 0.717) is 11.6 Å². The molecule has 222 valence electrons.